The van der Waals surface area contributed by atoms with Gasteiger partial charge < -0.3 is 14.7 Å². The van der Waals surface area contributed by atoms with Crippen LogP contribution in [-0.4, -0.2) is 47.3 Å². The summed E-state index contributed by atoms with van der Waals surface area (Å²) in [5, 5.41) is 8.89. The lowest BCUT2D eigenvalue weighted by Gasteiger charge is -2.24. The minimum atomic E-state index is -0.932. The monoisotopic (exact) mass is 262 g/mol. The van der Waals surface area contributed by atoms with Crippen LogP contribution in [0.3, 0.4) is 0 Å². The van der Waals surface area contributed by atoms with Gasteiger partial charge in [0.2, 0.25) is 0 Å². The van der Waals surface area contributed by atoms with Crippen LogP contribution in [0, 0.1) is 0 Å². The van der Waals surface area contributed by atoms with E-state index < -0.39 is 12.1 Å². The van der Waals surface area contributed by atoms with E-state index in [-0.39, 0.29) is 0 Å². The Morgan fingerprint density at radius 2 is 2.26 bits per heavy atom. The van der Waals surface area contributed by atoms with Gasteiger partial charge in [-0.3, -0.25) is 4.98 Å². The van der Waals surface area contributed by atoms with E-state index in [0.717, 1.165) is 11.1 Å². The van der Waals surface area contributed by atoms with Crippen molar-refractivity contribution >= 4 is 17.6 Å². The fourth-order valence-electron chi connectivity index (χ4n) is 2.03. The van der Waals surface area contributed by atoms with Gasteiger partial charge in [-0.25, -0.2) is 9.59 Å². The van der Waals surface area contributed by atoms with E-state index in [1.807, 2.05) is 6.08 Å². The highest BCUT2D eigenvalue weighted by molar-refractivity contribution is 5.95. The van der Waals surface area contributed by atoms with Crippen molar-refractivity contribution < 1.29 is 19.4 Å². The van der Waals surface area contributed by atoms with Crippen molar-refractivity contribution in [3.8, 4) is 0 Å². The van der Waals surface area contributed by atoms with Crippen molar-refractivity contribution in [1.29, 1.82) is 0 Å². The Bertz CT molecular complexity index is 539. The number of carboxylic acid groups (broad SMARTS) is 1. The van der Waals surface area contributed by atoms with Crippen molar-refractivity contribution in [3.63, 3.8) is 0 Å². The lowest BCUT2D eigenvalue weighted by molar-refractivity contribution is 0.0599. The molecule has 0 unspecified atom stereocenters. The average molecular weight is 262 g/mol. The van der Waals surface area contributed by atoms with Crippen LogP contribution in [0.15, 0.2) is 24.5 Å². The Morgan fingerprint density at radius 3 is 2.84 bits per heavy atom. The van der Waals surface area contributed by atoms with Crippen LogP contribution in [0.5, 0.6) is 0 Å². The van der Waals surface area contributed by atoms with Gasteiger partial charge in [-0.05, 0) is 23.6 Å². The second-order valence-electron chi connectivity index (χ2n) is 4.12. The number of methoxy groups -OCH3 is 1. The van der Waals surface area contributed by atoms with Crippen molar-refractivity contribution in [3.05, 3.63) is 35.7 Å². The molecule has 0 aromatic carbocycles. The van der Waals surface area contributed by atoms with E-state index in [0.29, 0.717) is 25.1 Å². The second-order valence-corrected chi connectivity index (χ2v) is 4.12. The van der Waals surface area contributed by atoms with Gasteiger partial charge in [-0.1, -0.05) is 6.08 Å². The Hall–Kier alpha value is -2.37. The molecule has 1 aromatic heterocycles. The van der Waals surface area contributed by atoms with E-state index >= 15 is 0 Å². The van der Waals surface area contributed by atoms with Crippen LogP contribution in [0.1, 0.15) is 22.3 Å². The number of carbonyl (C=O) groups is 2. The molecule has 0 spiro atoms. The molecule has 1 aromatic rings. The maximum atomic E-state index is 11.7. The molecule has 1 N–H and O–H groups in total. The molecule has 0 saturated heterocycles. The Morgan fingerprint density at radius 1 is 1.47 bits per heavy atom. The summed E-state index contributed by atoms with van der Waals surface area (Å²) < 4.78 is 4.72. The summed E-state index contributed by atoms with van der Waals surface area (Å²) in [6.45, 7) is 0.748. The summed E-state index contributed by atoms with van der Waals surface area (Å²) in [7, 11) is 1.32. The second kappa shape index (κ2) is 5.51. The van der Waals surface area contributed by atoms with Crippen molar-refractivity contribution in [2.24, 2.45) is 0 Å². The topological polar surface area (TPSA) is 79.7 Å². The fourth-order valence-corrected chi connectivity index (χ4v) is 2.03. The first-order valence-electron chi connectivity index (χ1n) is 5.83. The summed E-state index contributed by atoms with van der Waals surface area (Å²) in [5.41, 5.74) is 2.10. The average Bonchev–Trinajstić information content (AvgIpc) is 2.46. The lowest BCUT2D eigenvalue weighted by atomic mass is 9.96. The Kier molecular flexibility index (Phi) is 3.79. The first kappa shape index (κ1) is 13.1. The molecular formula is C13H14N2O4. The maximum Gasteiger partial charge on any atom is 0.407 e. The first-order valence-corrected chi connectivity index (χ1v) is 5.83. The van der Waals surface area contributed by atoms with Gasteiger partial charge in [0.05, 0.1) is 12.7 Å². The van der Waals surface area contributed by atoms with Gasteiger partial charge in [0.1, 0.15) is 0 Å². The summed E-state index contributed by atoms with van der Waals surface area (Å²) in [5.74, 6) is -0.440. The first-order chi connectivity index (χ1) is 9.13. The van der Waals surface area contributed by atoms with E-state index in [9.17, 15) is 9.59 Å². The third-order valence-corrected chi connectivity index (χ3v) is 3.05. The minimum Gasteiger partial charge on any atom is -0.465 e. The number of aromatic nitrogens is 1. The summed E-state index contributed by atoms with van der Waals surface area (Å²) >= 11 is 0. The number of amides is 1. The van der Waals surface area contributed by atoms with Crippen molar-refractivity contribution in [1.82, 2.24) is 9.88 Å². The largest absolute Gasteiger partial charge is 0.465 e. The molecule has 0 fully saturated rings. The third kappa shape index (κ3) is 2.73. The number of hydrogen-bond donors (Lipinski definition) is 1. The quantitative estimate of drug-likeness (QED) is 0.819. The molecule has 1 aliphatic rings. The molecule has 0 atom stereocenters. The number of pyridine rings is 1. The van der Waals surface area contributed by atoms with Crippen LogP contribution < -0.4 is 0 Å². The summed E-state index contributed by atoms with van der Waals surface area (Å²) in [6, 6.07) is 1.74. The van der Waals surface area contributed by atoms with E-state index in [4.69, 9.17) is 9.84 Å². The van der Waals surface area contributed by atoms with E-state index in [2.05, 4.69) is 4.98 Å². The highest BCUT2D eigenvalue weighted by Gasteiger charge is 2.20. The molecular weight excluding hydrogens is 248 g/mol. The predicted octanol–water partition coefficient (Wildman–Crippen LogP) is 1.64. The molecule has 19 heavy (non-hydrogen) atoms. The highest BCUT2D eigenvalue weighted by atomic mass is 16.5. The van der Waals surface area contributed by atoms with Gasteiger partial charge in [-0.2, -0.15) is 0 Å². The zero-order valence-corrected chi connectivity index (χ0v) is 10.5. The zero-order valence-electron chi connectivity index (χ0n) is 10.5. The Labute approximate surface area is 110 Å². The molecule has 1 amide bonds. The van der Waals surface area contributed by atoms with Crippen LogP contribution in [-0.2, 0) is 4.74 Å². The number of esters is 1. The van der Waals surface area contributed by atoms with Gasteiger partial charge in [0, 0.05) is 25.5 Å². The number of rotatable bonds is 2. The fraction of sp³-hybridized carbons (Fsp3) is 0.308. The normalized spacial score (nSPS) is 14.8. The minimum absolute atomic E-state index is 0.327. The van der Waals surface area contributed by atoms with Crippen molar-refractivity contribution in [2.45, 2.75) is 6.42 Å². The number of hydrogen-bond acceptors (Lipinski definition) is 4. The van der Waals surface area contributed by atoms with Crippen LogP contribution >= 0.6 is 0 Å². The molecule has 100 valence electrons. The Balaban J connectivity index is 2.29. The van der Waals surface area contributed by atoms with Gasteiger partial charge >= 0.3 is 12.1 Å². The summed E-state index contributed by atoms with van der Waals surface area (Å²) in [4.78, 5) is 27.7. The standard InChI is InChI=1S/C13H14N2O4/c1-19-12(16)11-8-14-5-2-10(11)9-3-6-15(7-4-9)13(17)18/h2-3,5,8H,4,6-7H2,1H3,(H,17,18). The lowest BCUT2D eigenvalue weighted by Crippen LogP contribution is -2.33. The van der Waals surface area contributed by atoms with E-state index in [1.165, 1.54) is 18.2 Å². The molecule has 2 rings (SSSR count). The molecule has 0 saturated carbocycles. The van der Waals surface area contributed by atoms with E-state index in [1.54, 1.807) is 12.3 Å². The van der Waals surface area contributed by atoms with Crippen LogP contribution in [0.2, 0.25) is 0 Å². The molecule has 0 bridgehead atoms. The van der Waals surface area contributed by atoms with Crippen LogP contribution in [0.4, 0.5) is 4.79 Å². The molecule has 0 radical (unpaired) electrons. The predicted molar refractivity (Wildman–Crippen MR) is 67.8 cm³/mol. The van der Waals surface area contributed by atoms with Gasteiger partial charge in [0.25, 0.3) is 0 Å². The SMILES string of the molecule is COC(=O)c1cnccc1C1=CCN(C(=O)O)CC1. The molecule has 2 heterocycles. The molecule has 6 heteroatoms. The highest BCUT2D eigenvalue weighted by Crippen LogP contribution is 2.25. The molecule has 0 aliphatic carbocycles. The number of ether oxygens (including phenoxy) is 1. The smallest absolute Gasteiger partial charge is 0.407 e. The summed E-state index contributed by atoms with van der Waals surface area (Å²) in [6.07, 6.45) is 4.52. The van der Waals surface area contributed by atoms with Crippen LogP contribution in [0.25, 0.3) is 5.57 Å². The number of carbonyl (C=O) groups excluding carboxylic acids is 1. The van der Waals surface area contributed by atoms with Gasteiger partial charge in [0.15, 0.2) is 0 Å². The molecule has 1 aliphatic heterocycles. The molecule has 6 nitrogen and oxygen atoms in total. The van der Waals surface area contributed by atoms with Gasteiger partial charge in [-0.15, -0.1) is 0 Å². The maximum absolute atomic E-state index is 11.7. The number of nitrogens with zero attached hydrogens (tertiary/aromatic N) is 2. The zero-order chi connectivity index (χ0) is 13.8. The van der Waals surface area contributed by atoms with Crippen molar-refractivity contribution in [2.75, 3.05) is 20.2 Å². The third-order valence-electron chi connectivity index (χ3n) is 3.05.